The molecular weight excluding hydrogens is 482 g/mol. The van der Waals surface area contributed by atoms with Crippen LogP contribution in [0.5, 0.6) is 0 Å². The summed E-state index contributed by atoms with van der Waals surface area (Å²) in [6.07, 6.45) is 2.89. The largest absolute Gasteiger partial charge is 0.352 e. The van der Waals surface area contributed by atoms with E-state index in [1.807, 2.05) is 13.0 Å². The van der Waals surface area contributed by atoms with Crippen LogP contribution in [-0.2, 0) is 21.9 Å². The lowest BCUT2D eigenvalue weighted by Crippen LogP contribution is -2.25. The summed E-state index contributed by atoms with van der Waals surface area (Å²) in [5, 5.41) is 10.5. The molecule has 0 unspecified atom stereocenters. The molecule has 3 aromatic heterocycles. The summed E-state index contributed by atoms with van der Waals surface area (Å²) >= 11 is 0. The Hall–Kier alpha value is -4.00. The average molecular weight is 510 g/mol. The number of anilines is 4. The van der Waals surface area contributed by atoms with Gasteiger partial charge in [-0.05, 0) is 44.9 Å². The maximum absolute atomic E-state index is 12.5. The van der Waals surface area contributed by atoms with Crippen molar-refractivity contribution in [2.24, 2.45) is 13.0 Å². The zero-order chi connectivity index (χ0) is 25.8. The number of aromatic amines is 1. The van der Waals surface area contributed by atoms with Crippen molar-refractivity contribution in [3.8, 4) is 11.4 Å². The molecule has 0 bridgehead atoms. The Morgan fingerprint density at radius 2 is 1.89 bits per heavy atom. The molecule has 0 spiro atoms. The fraction of sp³-hybridized carbons (Fsp3) is 0.348. The second-order valence-corrected chi connectivity index (χ2v) is 11.0. The first-order valence-electron chi connectivity index (χ1n) is 11.4. The molecule has 3 heterocycles. The van der Waals surface area contributed by atoms with Crippen molar-refractivity contribution in [1.29, 1.82) is 0 Å². The number of aryl methyl sites for hydroxylation is 3. The number of nitrogens with zero attached hydrogens (tertiary/aromatic N) is 6. The summed E-state index contributed by atoms with van der Waals surface area (Å²) in [5.41, 5.74) is 3.29. The average Bonchev–Trinajstić information content (AvgIpc) is 3.50. The number of carbonyl (C=O) groups excluding carboxylic acids is 1. The van der Waals surface area contributed by atoms with E-state index < -0.39 is 10.0 Å². The molecule has 4 aromatic rings. The minimum Gasteiger partial charge on any atom is -0.352 e. The summed E-state index contributed by atoms with van der Waals surface area (Å²) in [6, 6.07) is 7.07. The second kappa shape index (κ2) is 8.59. The minimum absolute atomic E-state index is 0.0224. The zero-order valence-electron chi connectivity index (χ0n) is 20.6. The molecule has 0 saturated heterocycles. The molecule has 1 amide bonds. The molecule has 1 aliphatic rings. The first kappa shape index (κ1) is 23.7. The summed E-state index contributed by atoms with van der Waals surface area (Å²) in [4.78, 5) is 29.0. The highest BCUT2D eigenvalue weighted by molar-refractivity contribution is 7.92. The van der Waals surface area contributed by atoms with Crippen LogP contribution in [0.1, 0.15) is 24.5 Å². The predicted octanol–water partition coefficient (Wildman–Crippen LogP) is 2.86. The van der Waals surface area contributed by atoms with Gasteiger partial charge in [-0.2, -0.15) is 5.10 Å². The highest BCUT2D eigenvalue weighted by atomic mass is 32.2. The van der Waals surface area contributed by atoms with E-state index in [1.54, 1.807) is 36.9 Å². The number of hydrogen-bond acceptors (Lipinski definition) is 8. The van der Waals surface area contributed by atoms with Crippen LogP contribution in [0, 0.1) is 19.8 Å². The van der Waals surface area contributed by atoms with Gasteiger partial charge in [0.15, 0.2) is 11.5 Å². The lowest BCUT2D eigenvalue weighted by Gasteiger charge is -2.22. The number of pyridine rings is 1. The third kappa shape index (κ3) is 4.61. The van der Waals surface area contributed by atoms with E-state index in [-0.39, 0.29) is 11.8 Å². The van der Waals surface area contributed by atoms with Gasteiger partial charge in [-0.15, -0.1) is 0 Å². The van der Waals surface area contributed by atoms with E-state index in [4.69, 9.17) is 0 Å². The Labute approximate surface area is 208 Å². The van der Waals surface area contributed by atoms with Crippen LogP contribution in [0.15, 0.2) is 24.3 Å². The number of aromatic nitrogens is 6. The van der Waals surface area contributed by atoms with E-state index >= 15 is 0 Å². The van der Waals surface area contributed by atoms with Gasteiger partial charge in [-0.25, -0.2) is 28.1 Å². The molecule has 0 atom stereocenters. The molecule has 0 radical (unpaired) electrons. The monoisotopic (exact) mass is 509 g/mol. The maximum Gasteiger partial charge on any atom is 0.232 e. The molecule has 1 saturated carbocycles. The fourth-order valence-corrected chi connectivity index (χ4v) is 4.47. The van der Waals surface area contributed by atoms with Gasteiger partial charge in [0.05, 0.1) is 23.3 Å². The van der Waals surface area contributed by atoms with E-state index in [0.717, 1.165) is 19.1 Å². The second-order valence-electron chi connectivity index (χ2n) is 9.03. The van der Waals surface area contributed by atoms with Crippen LogP contribution in [0.2, 0.25) is 0 Å². The van der Waals surface area contributed by atoms with Crippen molar-refractivity contribution in [2.45, 2.75) is 26.7 Å². The molecule has 5 rings (SSSR count). The molecule has 13 heteroatoms. The summed E-state index contributed by atoms with van der Waals surface area (Å²) < 4.78 is 27.9. The maximum atomic E-state index is 12.5. The Kier molecular flexibility index (Phi) is 5.66. The Balaban J connectivity index is 1.60. The topological polar surface area (TPSA) is 151 Å². The van der Waals surface area contributed by atoms with E-state index in [2.05, 4.69) is 35.7 Å². The van der Waals surface area contributed by atoms with Gasteiger partial charge in [0.2, 0.25) is 15.9 Å². The highest BCUT2D eigenvalue weighted by Gasteiger charge is 2.30. The number of imidazole rings is 1. The number of benzene rings is 1. The number of sulfonamides is 1. The predicted molar refractivity (Wildman–Crippen MR) is 138 cm³/mol. The fourth-order valence-electron chi connectivity index (χ4n) is 3.96. The molecule has 1 fully saturated rings. The molecule has 12 nitrogen and oxygen atoms in total. The van der Waals surface area contributed by atoms with Gasteiger partial charge in [-0.3, -0.25) is 9.10 Å². The molecule has 1 aromatic carbocycles. The smallest absolute Gasteiger partial charge is 0.232 e. The van der Waals surface area contributed by atoms with Crippen molar-refractivity contribution >= 4 is 50.0 Å². The molecular formula is C23H27N9O3S. The highest BCUT2D eigenvalue weighted by Crippen LogP contribution is 2.36. The summed E-state index contributed by atoms with van der Waals surface area (Å²) in [6.45, 7) is 3.61. The van der Waals surface area contributed by atoms with Crippen LogP contribution >= 0.6 is 0 Å². The normalized spacial score (nSPS) is 13.7. The van der Waals surface area contributed by atoms with Gasteiger partial charge in [0.1, 0.15) is 23.0 Å². The van der Waals surface area contributed by atoms with Gasteiger partial charge in [0, 0.05) is 31.6 Å². The third-order valence-electron chi connectivity index (χ3n) is 6.00. The lowest BCUT2D eigenvalue weighted by atomic mass is 10.1. The van der Waals surface area contributed by atoms with Gasteiger partial charge < -0.3 is 15.6 Å². The number of H-pyrrole nitrogens is 1. The zero-order valence-corrected chi connectivity index (χ0v) is 21.4. The Morgan fingerprint density at radius 1 is 1.14 bits per heavy atom. The minimum atomic E-state index is -3.58. The number of carbonyl (C=O) groups is 1. The van der Waals surface area contributed by atoms with E-state index in [1.165, 1.54) is 11.4 Å². The number of rotatable bonds is 7. The summed E-state index contributed by atoms with van der Waals surface area (Å²) in [7, 11) is -0.306. The van der Waals surface area contributed by atoms with Gasteiger partial charge in [0.25, 0.3) is 0 Å². The number of hydrogen-bond donors (Lipinski definition) is 3. The van der Waals surface area contributed by atoms with Crippen LogP contribution in [0.4, 0.5) is 22.9 Å². The van der Waals surface area contributed by atoms with Crippen LogP contribution in [0.3, 0.4) is 0 Å². The van der Waals surface area contributed by atoms with Crippen LogP contribution < -0.4 is 14.9 Å². The quantitative estimate of drug-likeness (QED) is 0.344. The van der Waals surface area contributed by atoms with Crippen molar-refractivity contribution in [2.75, 3.05) is 28.2 Å². The molecule has 1 aliphatic carbocycles. The Bertz CT molecular complexity index is 1600. The van der Waals surface area contributed by atoms with Gasteiger partial charge >= 0.3 is 0 Å². The number of fused-ring (bicyclic) bond motifs is 1. The van der Waals surface area contributed by atoms with Crippen LogP contribution in [-0.4, -0.2) is 57.3 Å². The van der Waals surface area contributed by atoms with E-state index in [9.17, 15) is 13.2 Å². The van der Waals surface area contributed by atoms with Crippen molar-refractivity contribution in [3.05, 3.63) is 35.9 Å². The molecule has 3 N–H and O–H groups in total. The number of amides is 1. The first-order chi connectivity index (χ1) is 17.0. The van der Waals surface area contributed by atoms with Crippen molar-refractivity contribution in [1.82, 2.24) is 29.7 Å². The molecule has 0 aliphatic heterocycles. The SMILES string of the molecule is Cc1nc(-c2ccc(Nc3cc(NC(=O)C4CC4)nc4[nH]c(C)nc34)c(N(C)S(C)(=O)=O)c2)n(C)n1. The van der Waals surface area contributed by atoms with Crippen molar-refractivity contribution in [3.63, 3.8) is 0 Å². The lowest BCUT2D eigenvalue weighted by molar-refractivity contribution is -0.117. The van der Waals surface area contributed by atoms with Crippen LogP contribution in [0.25, 0.3) is 22.6 Å². The standard InChI is InChI=1S/C23H27N9O3S/c1-12-24-20-17(11-19(28-21(20)25-12)29-23(33)14-6-7-14)27-16-9-8-15(22-26-13(2)30-31(22)3)10-18(16)32(4)36(5,34)35/h8-11,14H,6-7H2,1-5H3,(H3,24,25,27,28,29,33). The number of nitrogens with one attached hydrogen (secondary N) is 3. The molecule has 188 valence electrons. The van der Waals surface area contributed by atoms with Crippen molar-refractivity contribution < 1.29 is 13.2 Å². The Morgan fingerprint density at radius 3 is 2.53 bits per heavy atom. The molecule has 36 heavy (non-hydrogen) atoms. The van der Waals surface area contributed by atoms with Gasteiger partial charge in [-0.1, -0.05) is 0 Å². The van der Waals surface area contributed by atoms with E-state index in [0.29, 0.717) is 57.1 Å². The third-order valence-corrected chi connectivity index (χ3v) is 7.19. The first-order valence-corrected chi connectivity index (χ1v) is 13.3. The summed E-state index contributed by atoms with van der Waals surface area (Å²) in [5.74, 6) is 2.23.